The molecular weight excluding hydrogens is 534 g/mol. The molecule has 4 aromatic carbocycles. The first-order chi connectivity index (χ1) is 19.7. The number of hydrogen-bond acceptors (Lipinski definition) is 4. The minimum atomic E-state index is -3.97. The minimum Gasteiger partial charge on any atom is -0.352 e. The summed E-state index contributed by atoms with van der Waals surface area (Å²) in [6, 6.07) is 30.5. The van der Waals surface area contributed by atoms with Crippen LogP contribution in [0.4, 0.5) is 0 Å². The monoisotopic (exact) mass is 571 g/mol. The zero-order valence-corrected chi connectivity index (χ0v) is 24.6. The molecule has 2 unspecified atom stereocenters. The van der Waals surface area contributed by atoms with Gasteiger partial charge in [-0.1, -0.05) is 97.9 Å². The normalized spacial score (nSPS) is 13.1. The van der Waals surface area contributed by atoms with Gasteiger partial charge in [0.25, 0.3) is 0 Å². The molecule has 214 valence electrons. The highest BCUT2D eigenvalue weighted by atomic mass is 32.2. The molecule has 0 saturated carbocycles. The average Bonchev–Trinajstić information content (AvgIpc) is 2.99. The van der Waals surface area contributed by atoms with E-state index in [1.165, 1.54) is 11.9 Å². The lowest BCUT2D eigenvalue weighted by Crippen LogP contribution is -2.54. The van der Waals surface area contributed by atoms with Gasteiger partial charge in [-0.05, 0) is 47.4 Å². The summed E-state index contributed by atoms with van der Waals surface area (Å²) < 4.78 is 28.2. The summed E-state index contributed by atoms with van der Waals surface area (Å²) in [5.74, 6) is -0.728. The van der Waals surface area contributed by atoms with Crippen LogP contribution in [0, 0.1) is 0 Å². The molecule has 1 N–H and O–H groups in total. The number of nitrogens with one attached hydrogen (secondary N) is 1. The highest BCUT2D eigenvalue weighted by Gasteiger charge is 2.33. The summed E-state index contributed by atoms with van der Waals surface area (Å²) in [5, 5.41) is 4.75. The summed E-state index contributed by atoms with van der Waals surface area (Å²) in [5.41, 5.74) is 1.75. The van der Waals surface area contributed by atoms with Crippen molar-refractivity contribution in [3.63, 3.8) is 0 Å². The van der Waals surface area contributed by atoms with Gasteiger partial charge in [0.2, 0.25) is 21.8 Å². The van der Waals surface area contributed by atoms with Gasteiger partial charge in [-0.3, -0.25) is 9.59 Å². The van der Waals surface area contributed by atoms with Crippen molar-refractivity contribution >= 4 is 32.6 Å². The molecule has 0 saturated heterocycles. The van der Waals surface area contributed by atoms with Crippen LogP contribution in [0.2, 0.25) is 0 Å². The van der Waals surface area contributed by atoms with E-state index in [1.807, 2.05) is 98.8 Å². The lowest BCUT2D eigenvalue weighted by Gasteiger charge is -2.33. The number of amides is 2. The quantitative estimate of drug-likeness (QED) is 0.259. The number of carbonyl (C=O) groups excluding carboxylic acids is 2. The summed E-state index contributed by atoms with van der Waals surface area (Å²) in [6.45, 7) is 3.65. The fourth-order valence-corrected chi connectivity index (χ4v) is 5.81. The highest BCUT2D eigenvalue weighted by Crippen LogP contribution is 2.22. The average molecular weight is 572 g/mol. The Morgan fingerprint density at radius 3 is 2.02 bits per heavy atom. The summed E-state index contributed by atoms with van der Waals surface area (Å²) in [7, 11) is -2.58. The second-order valence-corrected chi connectivity index (χ2v) is 12.3. The van der Waals surface area contributed by atoms with Gasteiger partial charge in [-0.25, -0.2) is 8.42 Å². The number of sulfonamides is 1. The largest absolute Gasteiger partial charge is 0.352 e. The molecular formula is C33H37N3O4S. The summed E-state index contributed by atoms with van der Waals surface area (Å²) in [4.78, 5) is 29.2. The number of likely N-dealkylation sites (N-methyl/N-ethyl adjacent to an activating group) is 1. The molecule has 7 nitrogen and oxygen atoms in total. The van der Waals surface area contributed by atoms with E-state index in [9.17, 15) is 18.0 Å². The minimum absolute atomic E-state index is 0.0783. The molecule has 0 fully saturated rings. The second kappa shape index (κ2) is 13.6. The fourth-order valence-electron chi connectivity index (χ4n) is 4.65. The first-order valence-electron chi connectivity index (χ1n) is 13.8. The van der Waals surface area contributed by atoms with Gasteiger partial charge in [0, 0.05) is 26.1 Å². The molecule has 2 atom stereocenters. The second-order valence-electron chi connectivity index (χ2n) is 10.3. The van der Waals surface area contributed by atoms with Crippen molar-refractivity contribution in [2.24, 2.45) is 0 Å². The number of nitrogens with zero attached hydrogens (tertiary/aromatic N) is 2. The Kier molecular flexibility index (Phi) is 9.91. The maximum absolute atomic E-state index is 14.0. The van der Waals surface area contributed by atoms with E-state index in [1.54, 1.807) is 18.2 Å². The van der Waals surface area contributed by atoms with Crippen molar-refractivity contribution in [1.29, 1.82) is 0 Å². The fraction of sp³-hybridized carbons (Fsp3) is 0.273. The van der Waals surface area contributed by atoms with Crippen LogP contribution in [0.25, 0.3) is 10.8 Å². The molecule has 4 aromatic rings. The van der Waals surface area contributed by atoms with Crippen molar-refractivity contribution < 1.29 is 18.0 Å². The smallest absolute Gasteiger partial charge is 0.243 e. The van der Waals surface area contributed by atoms with Crippen LogP contribution in [0.1, 0.15) is 31.4 Å². The van der Waals surface area contributed by atoms with E-state index >= 15 is 0 Å². The molecule has 0 aliphatic rings. The number of fused-ring (bicyclic) bond motifs is 1. The zero-order valence-electron chi connectivity index (χ0n) is 23.7. The van der Waals surface area contributed by atoms with Crippen LogP contribution in [-0.2, 0) is 32.6 Å². The maximum atomic E-state index is 14.0. The van der Waals surface area contributed by atoms with Crippen molar-refractivity contribution in [2.75, 3.05) is 13.6 Å². The van der Waals surface area contributed by atoms with Crippen LogP contribution >= 0.6 is 0 Å². The zero-order chi connectivity index (χ0) is 29.4. The highest BCUT2D eigenvalue weighted by molar-refractivity contribution is 7.89. The first kappa shape index (κ1) is 30.0. The standard InChI is InChI=1S/C33H37N3O4S/c1-4-25(2)34-33(38)31(21-26-13-7-5-8-14-26)36(23-27-15-9-6-10-16-27)32(37)24-35(3)41(39,40)30-20-19-28-17-11-12-18-29(28)22-30/h5-20,22,25,31H,4,21,23-24H2,1-3H3,(H,34,38). The molecule has 0 spiro atoms. The van der Waals surface area contributed by atoms with Gasteiger partial charge in [0.05, 0.1) is 11.4 Å². The van der Waals surface area contributed by atoms with Gasteiger partial charge < -0.3 is 10.2 Å². The first-order valence-corrected chi connectivity index (χ1v) is 15.3. The number of hydrogen-bond donors (Lipinski definition) is 1. The molecule has 0 aliphatic heterocycles. The number of carbonyl (C=O) groups is 2. The molecule has 0 aliphatic carbocycles. The summed E-state index contributed by atoms with van der Waals surface area (Å²) >= 11 is 0. The molecule has 8 heteroatoms. The van der Waals surface area contributed by atoms with Crippen LogP contribution < -0.4 is 5.32 Å². The SMILES string of the molecule is CCC(C)NC(=O)C(Cc1ccccc1)N(Cc1ccccc1)C(=O)CN(C)S(=O)(=O)c1ccc2ccccc2c1. The van der Waals surface area contributed by atoms with Crippen LogP contribution in [0.15, 0.2) is 108 Å². The van der Waals surface area contributed by atoms with Crippen LogP contribution in [0.5, 0.6) is 0 Å². The van der Waals surface area contributed by atoms with Gasteiger partial charge in [0.15, 0.2) is 0 Å². The van der Waals surface area contributed by atoms with E-state index in [2.05, 4.69) is 5.32 Å². The number of rotatable bonds is 12. The van der Waals surface area contributed by atoms with Gasteiger partial charge in [-0.2, -0.15) is 4.31 Å². The molecule has 2 amide bonds. The third-order valence-electron chi connectivity index (χ3n) is 7.25. The van der Waals surface area contributed by atoms with Crippen molar-refractivity contribution in [3.8, 4) is 0 Å². The summed E-state index contributed by atoms with van der Waals surface area (Å²) in [6.07, 6.45) is 1.03. The Hall–Kier alpha value is -4.01. The van der Waals surface area contributed by atoms with E-state index in [0.29, 0.717) is 6.42 Å². The van der Waals surface area contributed by atoms with E-state index in [-0.39, 0.29) is 23.4 Å². The third-order valence-corrected chi connectivity index (χ3v) is 9.05. The van der Waals surface area contributed by atoms with Crippen LogP contribution in [0.3, 0.4) is 0 Å². The Balaban J connectivity index is 1.66. The predicted molar refractivity (Wildman–Crippen MR) is 163 cm³/mol. The van der Waals surface area contributed by atoms with Crippen molar-refractivity contribution in [1.82, 2.24) is 14.5 Å². The van der Waals surface area contributed by atoms with Gasteiger partial charge >= 0.3 is 0 Å². The molecule has 41 heavy (non-hydrogen) atoms. The van der Waals surface area contributed by atoms with E-state index in [4.69, 9.17) is 0 Å². The Morgan fingerprint density at radius 1 is 0.805 bits per heavy atom. The van der Waals surface area contributed by atoms with E-state index < -0.39 is 28.5 Å². The Labute approximate surface area is 242 Å². The van der Waals surface area contributed by atoms with Gasteiger partial charge in [0.1, 0.15) is 6.04 Å². The van der Waals surface area contributed by atoms with Gasteiger partial charge in [-0.15, -0.1) is 0 Å². The Bertz CT molecular complexity index is 1580. The lowest BCUT2D eigenvalue weighted by atomic mass is 10.0. The van der Waals surface area contributed by atoms with Crippen LogP contribution in [-0.4, -0.2) is 55.1 Å². The maximum Gasteiger partial charge on any atom is 0.243 e. The van der Waals surface area contributed by atoms with Crippen molar-refractivity contribution in [3.05, 3.63) is 114 Å². The molecule has 0 aromatic heterocycles. The van der Waals surface area contributed by atoms with Crippen molar-refractivity contribution in [2.45, 2.75) is 50.2 Å². The topological polar surface area (TPSA) is 86.8 Å². The molecule has 0 bridgehead atoms. The van der Waals surface area contributed by atoms with E-state index in [0.717, 1.165) is 32.6 Å². The molecule has 0 heterocycles. The number of benzene rings is 4. The third kappa shape index (κ3) is 7.60. The lowest BCUT2D eigenvalue weighted by molar-refractivity contribution is -0.141. The Morgan fingerprint density at radius 2 is 1.39 bits per heavy atom. The predicted octanol–water partition coefficient (Wildman–Crippen LogP) is 5.02. The molecule has 0 radical (unpaired) electrons. The molecule has 4 rings (SSSR count).